The van der Waals surface area contributed by atoms with Crippen LogP contribution in [0, 0.1) is 11.3 Å². The first-order valence-corrected chi connectivity index (χ1v) is 4.55. The van der Waals surface area contributed by atoms with Crippen LogP contribution in [0.2, 0.25) is 0 Å². The van der Waals surface area contributed by atoms with Crippen molar-refractivity contribution in [2.75, 3.05) is 14.2 Å². The summed E-state index contributed by atoms with van der Waals surface area (Å²) in [6.45, 7) is 3.65. The molecule has 0 spiro atoms. The Morgan fingerprint density at radius 2 is 2.00 bits per heavy atom. The molecule has 0 saturated heterocycles. The Bertz CT molecular complexity index is 394. The molecule has 1 aromatic heterocycles. The van der Waals surface area contributed by atoms with E-state index in [0.29, 0.717) is 11.6 Å². The van der Waals surface area contributed by atoms with E-state index in [0.717, 1.165) is 5.56 Å². The molecule has 0 fully saturated rings. The topological polar surface area (TPSA) is 55.1 Å². The molecule has 0 unspecified atom stereocenters. The molecule has 1 heterocycles. The molecule has 0 saturated carbocycles. The molecule has 4 heteroatoms. The fourth-order valence-electron chi connectivity index (χ4n) is 1.25. The lowest BCUT2D eigenvalue weighted by Crippen LogP contribution is -2.15. The Hall–Kier alpha value is -1.76. The minimum atomic E-state index is -0.623. The molecule has 1 rings (SSSR count). The second kappa shape index (κ2) is 4.18. The third-order valence-corrected chi connectivity index (χ3v) is 2.22. The Labute approximate surface area is 89.5 Å². The van der Waals surface area contributed by atoms with Crippen LogP contribution in [0.5, 0.6) is 11.6 Å². The smallest absolute Gasteiger partial charge is 0.213 e. The monoisotopic (exact) mass is 206 g/mol. The summed E-state index contributed by atoms with van der Waals surface area (Å²) in [5.41, 5.74) is 0.154. The van der Waals surface area contributed by atoms with Crippen LogP contribution in [0.15, 0.2) is 12.3 Å². The molecule has 0 aliphatic rings. The largest absolute Gasteiger partial charge is 0.495 e. The van der Waals surface area contributed by atoms with Crippen molar-refractivity contribution in [3.8, 4) is 17.7 Å². The SMILES string of the molecule is COc1cc(C(C)(C)C#N)c(OC)cn1. The quantitative estimate of drug-likeness (QED) is 0.757. The van der Waals surface area contributed by atoms with Crippen molar-refractivity contribution in [1.82, 2.24) is 4.98 Å². The second-order valence-electron chi connectivity index (χ2n) is 3.66. The van der Waals surface area contributed by atoms with Gasteiger partial charge in [-0.25, -0.2) is 4.98 Å². The number of ether oxygens (including phenoxy) is 2. The predicted octanol–water partition coefficient (Wildman–Crippen LogP) is 1.90. The summed E-state index contributed by atoms with van der Waals surface area (Å²) >= 11 is 0. The summed E-state index contributed by atoms with van der Waals surface area (Å²) in [5, 5.41) is 9.06. The number of rotatable bonds is 3. The lowest BCUT2D eigenvalue weighted by atomic mass is 9.86. The van der Waals surface area contributed by atoms with Crippen LogP contribution in [0.1, 0.15) is 19.4 Å². The maximum atomic E-state index is 9.06. The first-order chi connectivity index (χ1) is 7.05. The predicted molar refractivity (Wildman–Crippen MR) is 56.0 cm³/mol. The summed E-state index contributed by atoms with van der Waals surface area (Å²) in [4.78, 5) is 4.02. The molecule has 0 aliphatic carbocycles. The van der Waals surface area contributed by atoms with Crippen LogP contribution in [-0.2, 0) is 5.41 Å². The zero-order valence-corrected chi connectivity index (χ0v) is 9.37. The van der Waals surface area contributed by atoms with E-state index in [4.69, 9.17) is 14.7 Å². The van der Waals surface area contributed by atoms with Crippen molar-refractivity contribution in [2.24, 2.45) is 0 Å². The highest BCUT2D eigenvalue weighted by Crippen LogP contribution is 2.32. The van der Waals surface area contributed by atoms with Crippen LogP contribution >= 0.6 is 0 Å². The number of hydrogen-bond acceptors (Lipinski definition) is 4. The van der Waals surface area contributed by atoms with Gasteiger partial charge in [-0.1, -0.05) is 0 Å². The molecular weight excluding hydrogens is 192 g/mol. The van der Waals surface area contributed by atoms with Crippen LogP contribution in [0.25, 0.3) is 0 Å². The van der Waals surface area contributed by atoms with Gasteiger partial charge in [-0.05, 0) is 13.8 Å². The lowest BCUT2D eigenvalue weighted by Gasteiger charge is -2.19. The molecule has 0 aromatic carbocycles. The zero-order chi connectivity index (χ0) is 11.5. The summed E-state index contributed by atoms with van der Waals surface area (Å²) in [5.74, 6) is 1.08. The van der Waals surface area contributed by atoms with Crippen molar-refractivity contribution in [2.45, 2.75) is 19.3 Å². The maximum Gasteiger partial charge on any atom is 0.213 e. The van der Waals surface area contributed by atoms with Gasteiger partial charge in [0.05, 0.1) is 31.9 Å². The fourth-order valence-corrected chi connectivity index (χ4v) is 1.25. The molecule has 0 atom stereocenters. The maximum absolute atomic E-state index is 9.06. The first-order valence-electron chi connectivity index (χ1n) is 4.55. The number of nitriles is 1. The molecule has 0 radical (unpaired) electrons. The highest BCUT2D eigenvalue weighted by molar-refractivity contribution is 5.43. The third kappa shape index (κ3) is 2.18. The molecule has 4 nitrogen and oxygen atoms in total. The van der Waals surface area contributed by atoms with Gasteiger partial charge in [0, 0.05) is 11.6 Å². The lowest BCUT2D eigenvalue weighted by molar-refractivity contribution is 0.379. The number of pyridine rings is 1. The minimum absolute atomic E-state index is 0.481. The van der Waals surface area contributed by atoms with Gasteiger partial charge in [0.2, 0.25) is 5.88 Å². The normalized spacial score (nSPS) is 10.6. The molecule has 0 N–H and O–H groups in total. The van der Waals surface area contributed by atoms with Gasteiger partial charge in [0.25, 0.3) is 0 Å². The van der Waals surface area contributed by atoms with Gasteiger partial charge >= 0.3 is 0 Å². The third-order valence-electron chi connectivity index (χ3n) is 2.22. The van der Waals surface area contributed by atoms with Gasteiger partial charge in [0.1, 0.15) is 5.75 Å². The molecule has 0 bridgehead atoms. The molecule has 1 aromatic rings. The number of nitrogens with zero attached hydrogens (tertiary/aromatic N) is 2. The van der Waals surface area contributed by atoms with Crippen LogP contribution < -0.4 is 9.47 Å². The fraction of sp³-hybridized carbons (Fsp3) is 0.455. The summed E-state index contributed by atoms with van der Waals surface area (Å²) < 4.78 is 10.2. The van der Waals surface area contributed by atoms with Gasteiger partial charge in [0.15, 0.2) is 0 Å². The van der Waals surface area contributed by atoms with Gasteiger partial charge in [-0.15, -0.1) is 0 Å². The van der Waals surface area contributed by atoms with E-state index in [9.17, 15) is 0 Å². The van der Waals surface area contributed by atoms with Crippen molar-refractivity contribution < 1.29 is 9.47 Å². The van der Waals surface area contributed by atoms with E-state index in [1.54, 1.807) is 19.4 Å². The molecule has 80 valence electrons. The number of hydrogen-bond donors (Lipinski definition) is 0. The van der Waals surface area contributed by atoms with E-state index in [1.165, 1.54) is 7.11 Å². The summed E-state index contributed by atoms with van der Waals surface area (Å²) in [7, 11) is 3.10. The average Bonchev–Trinajstić information content (AvgIpc) is 2.28. The Morgan fingerprint density at radius 3 is 2.47 bits per heavy atom. The van der Waals surface area contributed by atoms with Crippen LogP contribution in [0.4, 0.5) is 0 Å². The first kappa shape index (κ1) is 11.3. The van der Waals surface area contributed by atoms with E-state index in [-0.39, 0.29) is 0 Å². The van der Waals surface area contributed by atoms with E-state index < -0.39 is 5.41 Å². The summed E-state index contributed by atoms with van der Waals surface area (Å²) in [6.07, 6.45) is 1.56. The second-order valence-corrected chi connectivity index (χ2v) is 3.66. The number of methoxy groups -OCH3 is 2. The van der Waals surface area contributed by atoms with Crippen molar-refractivity contribution in [3.63, 3.8) is 0 Å². The Balaban J connectivity index is 3.31. The minimum Gasteiger partial charge on any atom is -0.495 e. The van der Waals surface area contributed by atoms with Gasteiger partial charge < -0.3 is 9.47 Å². The van der Waals surface area contributed by atoms with Gasteiger partial charge in [-0.3, -0.25) is 0 Å². The highest BCUT2D eigenvalue weighted by Gasteiger charge is 2.25. The van der Waals surface area contributed by atoms with Crippen LogP contribution in [-0.4, -0.2) is 19.2 Å². The van der Waals surface area contributed by atoms with Crippen molar-refractivity contribution >= 4 is 0 Å². The van der Waals surface area contributed by atoms with E-state index in [1.807, 2.05) is 13.8 Å². The summed E-state index contributed by atoms with van der Waals surface area (Å²) in [6, 6.07) is 3.94. The van der Waals surface area contributed by atoms with Gasteiger partial charge in [-0.2, -0.15) is 5.26 Å². The Kier molecular flexibility index (Phi) is 3.15. The number of aromatic nitrogens is 1. The molecular formula is C11H14N2O2. The van der Waals surface area contributed by atoms with Crippen molar-refractivity contribution in [1.29, 1.82) is 5.26 Å². The Morgan fingerprint density at radius 1 is 1.33 bits per heavy atom. The zero-order valence-electron chi connectivity index (χ0n) is 9.37. The molecule has 0 aliphatic heterocycles. The highest BCUT2D eigenvalue weighted by atomic mass is 16.5. The van der Waals surface area contributed by atoms with E-state index >= 15 is 0 Å². The molecule has 0 amide bonds. The molecule has 15 heavy (non-hydrogen) atoms. The van der Waals surface area contributed by atoms with Crippen molar-refractivity contribution in [3.05, 3.63) is 17.8 Å². The van der Waals surface area contributed by atoms with E-state index in [2.05, 4.69) is 11.1 Å². The standard InChI is InChI=1S/C11H14N2O2/c1-11(2,7-12)8-5-10(15-4)13-6-9(8)14-3/h5-6H,1-4H3. The van der Waals surface area contributed by atoms with Crippen LogP contribution in [0.3, 0.4) is 0 Å². The average molecular weight is 206 g/mol.